The highest BCUT2D eigenvalue weighted by Crippen LogP contribution is 2.56. The van der Waals surface area contributed by atoms with E-state index < -0.39 is 12.2 Å². The third-order valence-corrected chi connectivity index (χ3v) is 5.12. The molecule has 0 bridgehead atoms. The smallest absolute Gasteiger partial charge is 0.312 e. The molecule has 1 heterocycles. The molecule has 0 saturated heterocycles. The lowest BCUT2D eigenvalue weighted by atomic mass is 9.77. The molecule has 1 unspecified atom stereocenters. The summed E-state index contributed by atoms with van der Waals surface area (Å²) in [6, 6.07) is 5.43. The molecule has 22 heavy (non-hydrogen) atoms. The number of carbonyl (C=O) groups is 1. The second-order valence-corrected chi connectivity index (χ2v) is 6.70. The number of carbonyl (C=O) groups excluding carboxylic acids is 1. The van der Waals surface area contributed by atoms with Crippen molar-refractivity contribution in [3.8, 4) is 0 Å². The van der Waals surface area contributed by atoms with Crippen LogP contribution in [0.5, 0.6) is 0 Å². The van der Waals surface area contributed by atoms with Gasteiger partial charge >= 0.3 is 6.03 Å². The van der Waals surface area contributed by atoms with Crippen molar-refractivity contribution in [2.24, 2.45) is 5.92 Å². The van der Waals surface area contributed by atoms with Gasteiger partial charge in [-0.25, -0.2) is 9.18 Å². The van der Waals surface area contributed by atoms with Gasteiger partial charge in [-0.15, -0.1) is 0 Å². The molecular formula is C17H22ClFN2O. The maximum Gasteiger partial charge on any atom is 0.322 e. The Labute approximate surface area is 135 Å². The van der Waals surface area contributed by atoms with E-state index in [1.165, 1.54) is 0 Å². The van der Waals surface area contributed by atoms with E-state index >= 15 is 0 Å². The van der Waals surface area contributed by atoms with Gasteiger partial charge in [-0.05, 0) is 43.4 Å². The summed E-state index contributed by atoms with van der Waals surface area (Å²) in [5.74, 6) is 0.411. The summed E-state index contributed by atoms with van der Waals surface area (Å²) in [6.07, 6.45) is 5.11. The van der Waals surface area contributed by atoms with Crippen LogP contribution in [0.25, 0.3) is 0 Å². The molecule has 1 aliphatic heterocycles. The summed E-state index contributed by atoms with van der Waals surface area (Å²) in [7, 11) is 0. The van der Waals surface area contributed by atoms with Crippen molar-refractivity contribution in [3.63, 3.8) is 0 Å². The van der Waals surface area contributed by atoms with Gasteiger partial charge in [0, 0.05) is 16.3 Å². The largest absolute Gasteiger partial charge is 0.322 e. The molecule has 1 saturated carbocycles. The Bertz CT molecular complexity index is 576. The zero-order valence-corrected chi connectivity index (χ0v) is 13.6. The Kier molecular flexibility index (Phi) is 4.31. The summed E-state index contributed by atoms with van der Waals surface area (Å²) in [5, 5.41) is 3.56. The van der Waals surface area contributed by atoms with Gasteiger partial charge in [0.2, 0.25) is 0 Å². The van der Waals surface area contributed by atoms with Crippen LogP contribution in [0, 0.1) is 5.92 Å². The third kappa shape index (κ3) is 2.47. The molecule has 1 aliphatic carbocycles. The molecule has 1 aromatic carbocycles. The topological polar surface area (TPSA) is 32.3 Å². The van der Waals surface area contributed by atoms with Crippen LogP contribution in [0.2, 0.25) is 5.02 Å². The number of benzene rings is 1. The molecule has 2 aliphatic rings. The average Bonchev–Trinajstić information content (AvgIpc) is 3.33. The molecule has 3 nitrogen and oxygen atoms in total. The molecule has 2 amide bonds. The van der Waals surface area contributed by atoms with E-state index in [0.717, 1.165) is 43.4 Å². The molecule has 0 spiro atoms. The number of urea groups is 1. The number of fused-ring (bicyclic) bond motifs is 1. The average molecular weight is 325 g/mol. The van der Waals surface area contributed by atoms with Crippen molar-refractivity contribution in [1.82, 2.24) is 4.90 Å². The first-order valence-corrected chi connectivity index (χ1v) is 8.46. The number of rotatable bonds is 6. The molecule has 0 aromatic heterocycles. The van der Waals surface area contributed by atoms with Gasteiger partial charge in [0.1, 0.15) is 6.67 Å². The van der Waals surface area contributed by atoms with Crippen molar-refractivity contribution in [1.29, 1.82) is 0 Å². The van der Waals surface area contributed by atoms with Crippen LogP contribution in [0.1, 0.15) is 44.6 Å². The number of halogens is 2. The summed E-state index contributed by atoms with van der Waals surface area (Å²) in [4.78, 5) is 14.3. The first kappa shape index (κ1) is 15.6. The predicted molar refractivity (Wildman–Crippen MR) is 87.1 cm³/mol. The zero-order valence-electron chi connectivity index (χ0n) is 12.9. The van der Waals surface area contributed by atoms with Crippen LogP contribution >= 0.6 is 11.6 Å². The zero-order chi connectivity index (χ0) is 15.7. The Morgan fingerprint density at radius 3 is 2.86 bits per heavy atom. The molecule has 0 radical (unpaired) electrons. The lowest BCUT2D eigenvalue weighted by Crippen LogP contribution is -2.56. The molecule has 120 valence electrons. The van der Waals surface area contributed by atoms with E-state index in [2.05, 4.69) is 12.2 Å². The number of hydrogen-bond acceptors (Lipinski definition) is 1. The highest BCUT2D eigenvalue weighted by Gasteiger charge is 2.54. The van der Waals surface area contributed by atoms with Gasteiger partial charge < -0.3 is 10.2 Å². The van der Waals surface area contributed by atoms with Crippen molar-refractivity contribution < 1.29 is 9.18 Å². The van der Waals surface area contributed by atoms with Crippen LogP contribution in [-0.2, 0) is 5.54 Å². The molecule has 1 aromatic rings. The van der Waals surface area contributed by atoms with Crippen LogP contribution in [0.15, 0.2) is 18.2 Å². The van der Waals surface area contributed by atoms with Gasteiger partial charge in [-0.3, -0.25) is 0 Å². The lowest BCUT2D eigenvalue weighted by Gasteiger charge is -2.49. The molecule has 1 fully saturated rings. The normalized spacial score (nSPS) is 24.1. The van der Waals surface area contributed by atoms with Crippen LogP contribution < -0.4 is 5.32 Å². The number of hydrogen-bond donors (Lipinski definition) is 1. The monoisotopic (exact) mass is 324 g/mol. The Balaban J connectivity index is 2.14. The number of nitrogens with zero attached hydrogens (tertiary/aromatic N) is 1. The number of anilines is 1. The summed E-state index contributed by atoms with van der Waals surface area (Å²) in [6.45, 7) is 1.75. The standard InChI is InChI=1S/C17H22ClFN2O/c1-2-3-8-17(12-4-5-12)14-11-13(18)6-7-15(14)20-16(22)21(17)10-9-19/h6-7,11-12H,2-5,8-10H2,1H3,(H,20,22). The molecular weight excluding hydrogens is 303 g/mol. The first-order chi connectivity index (χ1) is 10.6. The minimum absolute atomic E-state index is 0.137. The summed E-state index contributed by atoms with van der Waals surface area (Å²) in [5.41, 5.74) is 1.49. The van der Waals surface area contributed by atoms with Gasteiger partial charge in [0.05, 0.1) is 12.1 Å². The molecule has 3 rings (SSSR count). The minimum Gasteiger partial charge on any atom is -0.312 e. The van der Waals surface area contributed by atoms with E-state index in [4.69, 9.17) is 11.6 Å². The fourth-order valence-corrected chi connectivity index (χ4v) is 3.97. The third-order valence-electron chi connectivity index (χ3n) is 4.89. The lowest BCUT2D eigenvalue weighted by molar-refractivity contribution is 0.0784. The SMILES string of the molecule is CCCCC1(C2CC2)c2cc(Cl)ccc2NC(=O)N1CCF. The molecule has 1 atom stereocenters. The quantitative estimate of drug-likeness (QED) is 0.788. The van der Waals surface area contributed by atoms with Crippen molar-refractivity contribution in [2.75, 3.05) is 18.5 Å². The first-order valence-electron chi connectivity index (χ1n) is 8.08. The Morgan fingerprint density at radius 1 is 1.45 bits per heavy atom. The van der Waals surface area contributed by atoms with Gasteiger partial charge in [-0.2, -0.15) is 0 Å². The maximum absolute atomic E-state index is 13.1. The highest BCUT2D eigenvalue weighted by molar-refractivity contribution is 6.30. The van der Waals surface area contributed by atoms with Gasteiger partial charge in [0.25, 0.3) is 0 Å². The van der Waals surface area contributed by atoms with E-state index in [9.17, 15) is 9.18 Å². The Hall–Kier alpha value is -1.29. The Morgan fingerprint density at radius 2 is 2.23 bits per heavy atom. The van der Waals surface area contributed by atoms with Gasteiger partial charge in [0.15, 0.2) is 0 Å². The fourth-order valence-electron chi connectivity index (χ4n) is 3.80. The van der Waals surface area contributed by atoms with Gasteiger partial charge in [-0.1, -0.05) is 31.4 Å². The van der Waals surface area contributed by atoms with Crippen molar-refractivity contribution in [2.45, 2.75) is 44.6 Å². The second-order valence-electron chi connectivity index (χ2n) is 6.26. The fraction of sp³-hybridized carbons (Fsp3) is 0.588. The second kappa shape index (κ2) is 6.07. The number of unbranched alkanes of at least 4 members (excludes halogenated alkanes) is 1. The van der Waals surface area contributed by atoms with E-state index in [0.29, 0.717) is 10.9 Å². The molecule has 5 heteroatoms. The van der Waals surface area contributed by atoms with Crippen molar-refractivity contribution in [3.05, 3.63) is 28.8 Å². The van der Waals surface area contributed by atoms with E-state index in [-0.39, 0.29) is 12.6 Å². The van der Waals surface area contributed by atoms with E-state index in [1.54, 1.807) is 11.0 Å². The maximum atomic E-state index is 13.1. The van der Waals surface area contributed by atoms with Crippen LogP contribution in [0.3, 0.4) is 0 Å². The number of amides is 2. The highest BCUT2D eigenvalue weighted by atomic mass is 35.5. The van der Waals surface area contributed by atoms with E-state index in [1.807, 2.05) is 12.1 Å². The minimum atomic E-state index is -0.524. The predicted octanol–water partition coefficient (Wildman–Crippen LogP) is 4.95. The summed E-state index contributed by atoms with van der Waals surface area (Å²) < 4.78 is 13.1. The van der Waals surface area contributed by atoms with Crippen molar-refractivity contribution >= 4 is 23.3 Å². The molecule has 1 N–H and O–H groups in total. The number of nitrogens with one attached hydrogen (secondary N) is 1. The number of alkyl halides is 1. The summed E-state index contributed by atoms with van der Waals surface area (Å²) >= 11 is 6.22. The van der Waals surface area contributed by atoms with Crippen LogP contribution in [0.4, 0.5) is 14.9 Å². The van der Waals surface area contributed by atoms with Crippen LogP contribution in [-0.4, -0.2) is 24.2 Å².